The highest BCUT2D eigenvalue weighted by Gasteiger charge is 2.42. The molecule has 4 heterocycles. The van der Waals surface area contributed by atoms with Crippen LogP contribution in [-0.2, 0) is 0 Å². The molecule has 182 valence electrons. The third-order valence-electron chi connectivity index (χ3n) is 7.34. The topological polar surface area (TPSA) is 51.6 Å². The number of anilines is 1. The molecule has 1 fully saturated rings. The van der Waals surface area contributed by atoms with Crippen LogP contribution in [0, 0.1) is 27.7 Å². The van der Waals surface area contributed by atoms with Crippen molar-refractivity contribution in [2.75, 3.05) is 11.7 Å². The van der Waals surface area contributed by atoms with E-state index in [1.54, 1.807) is 0 Å². The van der Waals surface area contributed by atoms with Gasteiger partial charge in [-0.05, 0) is 93.0 Å². The van der Waals surface area contributed by atoms with Crippen molar-refractivity contribution in [1.29, 1.82) is 0 Å². The molecule has 0 bridgehead atoms. The molecule has 0 unspecified atom stereocenters. The highest BCUT2D eigenvalue weighted by Crippen LogP contribution is 2.46. The van der Waals surface area contributed by atoms with Gasteiger partial charge in [0.2, 0.25) is 6.79 Å². The molecule has 36 heavy (non-hydrogen) atoms. The molecule has 2 aromatic carbocycles. The van der Waals surface area contributed by atoms with Gasteiger partial charge in [0, 0.05) is 35.0 Å². The minimum atomic E-state index is -0.114. The largest absolute Gasteiger partial charge is 0.454 e. The summed E-state index contributed by atoms with van der Waals surface area (Å²) in [4.78, 5) is 6.89. The maximum atomic E-state index is 5.93. The predicted molar refractivity (Wildman–Crippen MR) is 145 cm³/mol. The van der Waals surface area contributed by atoms with Crippen molar-refractivity contribution < 1.29 is 9.47 Å². The first-order chi connectivity index (χ1) is 17.4. The molecule has 2 aliphatic rings. The maximum Gasteiger partial charge on any atom is 0.231 e. The van der Waals surface area contributed by atoms with Crippen LogP contribution in [0.15, 0.2) is 66.9 Å². The molecular formula is C29H28N4O2S. The number of benzene rings is 2. The van der Waals surface area contributed by atoms with Crippen LogP contribution in [-0.4, -0.2) is 21.5 Å². The van der Waals surface area contributed by atoms with Crippen molar-refractivity contribution >= 4 is 23.0 Å². The molecule has 2 atom stereocenters. The number of nitrogens with one attached hydrogen (secondary N) is 1. The van der Waals surface area contributed by atoms with Crippen molar-refractivity contribution in [2.24, 2.45) is 0 Å². The van der Waals surface area contributed by atoms with Gasteiger partial charge in [-0.2, -0.15) is 0 Å². The van der Waals surface area contributed by atoms with Gasteiger partial charge in [0.1, 0.15) is 0 Å². The van der Waals surface area contributed by atoms with E-state index < -0.39 is 0 Å². The van der Waals surface area contributed by atoms with E-state index in [0.29, 0.717) is 5.11 Å². The van der Waals surface area contributed by atoms with E-state index in [1.807, 2.05) is 36.5 Å². The number of thiocarbonyl (C=S) groups is 1. The smallest absolute Gasteiger partial charge is 0.231 e. The fraction of sp³-hybridized carbons (Fsp3) is 0.241. The normalized spacial score (nSPS) is 18.6. The molecular weight excluding hydrogens is 468 g/mol. The summed E-state index contributed by atoms with van der Waals surface area (Å²) >= 11 is 5.93. The third kappa shape index (κ3) is 3.54. The van der Waals surface area contributed by atoms with Gasteiger partial charge >= 0.3 is 0 Å². The van der Waals surface area contributed by atoms with Crippen LogP contribution < -0.4 is 19.7 Å². The molecule has 0 aliphatic carbocycles. The number of hydrogen-bond donors (Lipinski definition) is 1. The van der Waals surface area contributed by atoms with E-state index in [4.69, 9.17) is 26.7 Å². The number of rotatable bonds is 4. The van der Waals surface area contributed by atoms with Gasteiger partial charge in [0.05, 0.1) is 17.8 Å². The first-order valence-electron chi connectivity index (χ1n) is 12.1. The van der Waals surface area contributed by atoms with Crippen LogP contribution in [0.1, 0.15) is 45.9 Å². The monoisotopic (exact) mass is 496 g/mol. The molecule has 4 aromatic rings. The van der Waals surface area contributed by atoms with Gasteiger partial charge in [-0.25, -0.2) is 0 Å². The average Bonchev–Trinajstić information content (AvgIpc) is 3.56. The fourth-order valence-electron chi connectivity index (χ4n) is 5.42. The summed E-state index contributed by atoms with van der Waals surface area (Å²) in [6.07, 6.45) is 1.83. The Morgan fingerprint density at radius 1 is 0.944 bits per heavy atom. The van der Waals surface area contributed by atoms with Crippen LogP contribution in [0.2, 0.25) is 0 Å². The molecule has 2 aliphatic heterocycles. The molecule has 0 spiro atoms. The molecule has 0 radical (unpaired) electrons. The van der Waals surface area contributed by atoms with Gasteiger partial charge in [-0.3, -0.25) is 4.98 Å². The zero-order chi connectivity index (χ0) is 25.0. The molecule has 2 aromatic heterocycles. The van der Waals surface area contributed by atoms with Gasteiger partial charge in [0.25, 0.3) is 0 Å². The lowest BCUT2D eigenvalue weighted by molar-refractivity contribution is 0.174. The maximum absolute atomic E-state index is 5.93. The number of fused-ring (bicyclic) bond motifs is 1. The lowest BCUT2D eigenvalue weighted by Crippen LogP contribution is -2.29. The highest BCUT2D eigenvalue weighted by atomic mass is 32.1. The number of hydrogen-bond acceptors (Lipinski definition) is 4. The molecule has 0 saturated carbocycles. The van der Waals surface area contributed by atoms with Gasteiger partial charge in [0.15, 0.2) is 16.6 Å². The number of pyridine rings is 1. The number of nitrogens with zero attached hydrogens (tertiary/aromatic N) is 3. The fourth-order valence-corrected chi connectivity index (χ4v) is 5.77. The van der Waals surface area contributed by atoms with Crippen LogP contribution in [0.4, 0.5) is 5.69 Å². The van der Waals surface area contributed by atoms with Gasteiger partial charge < -0.3 is 24.3 Å². The zero-order valence-corrected chi connectivity index (χ0v) is 21.6. The zero-order valence-electron chi connectivity index (χ0n) is 20.8. The van der Waals surface area contributed by atoms with Crippen LogP contribution >= 0.6 is 12.2 Å². The van der Waals surface area contributed by atoms with Crippen molar-refractivity contribution in [3.63, 3.8) is 0 Å². The Balaban J connectivity index is 1.53. The lowest BCUT2D eigenvalue weighted by Gasteiger charge is -2.28. The van der Waals surface area contributed by atoms with E-state index >= 15 is 0 Å². The lowest BCUT2D eigenvalue weighted by atomic mass is 9.96. The minimum absolute atomic E-state index is 0.0992. The number of aromatic nitrogens is 2. The van der Waals surface area contributed by atoms with E-state index in [9.17, 15) is 0 Å². The quantitative estimate of drug-likeness (QED) is 0.349. The first-order valence-corrected chi connectivity index (χ1v) is 12.5. The Morgan fingerprint density at radius 2 is 1.78 bits per heavy atom. The predicted octanol–water partition coefficient (Wildman–Crippen LogP) is 6.01. The van der Waals surface area contributed by atoms with Crippen molar-refractivity contribution in [3.05, 3.63) is 101 Å². The summed E-state index contributed by atoms with van der Waals surface area (Å²) in [6, 6.07) is 20.6. The number of aryl methyl sites for hydroxylation is 2. The first kappa shape index (κ1) is 22.6. The highest BCUT2D eigenvalue weighted by molar-refractivity contribution is 7.80. The summed E-state index contributed by atoms with van der Waals surface area (Å²) in [5.74, 6) is 1.49. The van der Waals surface area contributed by atoms with Crippen LogP contribution in [0.5, 0.6) is 11.5 Å². The molecule has 1 saturated heterocycles. The second-order valence-corrected chi connectivity index (χ2v) is 9.80. The molecule has 1 N–H and O–H groups in total. The molecule has 0 amide bonds. The Kier molecular flexibility index (Phi) is 5.45. The second kappa shape index (κ2) is 8.68. The van der Waals surface area contributed by atoms with Crippen LogP contribution in [0.25, 0.3) is 5.69 Å². The summed E-state index contributed by atoms with van der Waals surface area (Å²) in [5, 5.41) is 4.22. The third-order valence-corrected chi connectivity index (χ3v) is 7.65. The van der Waals surface area contributed by atoms with Gasteiger partial charge in [-0.15, -0.1) is 0 Å². The number of ether oxygens (including phenoxy) is 2. The summed E-state index contributed by atoms with van der Waals surface area (Å²) in [5.41, 5.74) is 9.23. The van der Waals surface area contributed by atoms with Crippen molar-refractivity contribution in [2.45, 2.75) is 39.8 Å². The Bertz CT molecular complexity index is 1480. The Labute approximate surface area is 216 Å². The van der Waals surface area contributed by atoms with Crippen molar-refractivity contribution in [1.82, 2.24) is 14.9 Å². The molecule has 7 heteroatoms. The molecule has 6 rings (SSSR count). The van der Waals surface area contributed by atoms with Gasteiger partial charge in [-0.1, -0.05) is 18.2 Å². The summed E-state index contributed by atoms with van der Waals surface area (Å²) in [7, 11) is 0. The standard InChI is InChI=1S/C29H28N4O2S/c1-17-8-7-10-24(19(17)3)32-18(2)14-22(20(32)4)28-27(23-9-5-6-13-30-23)31-29(36)33(28)21-11-12-25-26(15-21)35-16-34-25/h5-15,27-28H,16H2,1-4H3,(H,31,36)/t27-,28+/m1/s1. The second-order valence-electron chi connectivity index (χ2n) is 9.42. The van der Waals surface area contributed by atoms with E-state index in [-0.39, 0.29) is 18.9 Å². The van der Waals surface area contributed by atoms with E-state index in [1.165, 1.54) is 33.8 Å². The van der Waals surface area contributed by atoms with E-state index in [0.717, 1.165) is 22.9 Å². The molecule has 6 nitrogen and oxygen atoms in total. The average molecular weight is 497 g/mol. The van der Waals surface area contributed by atoms with Crippen molar-refractivity contribution in [3.8, 4) is 17.2 Å². The summed E-state index contributed by atoms with van der Waals surface area (Å²) in [6.45, 7) is 8.94. The minimum Gasteiger partial charge on any atom is -0.454 e. The van der Waals surface area contributed by atoms with E-state index in [2.05, 4.69) is 72.8 Å². The Morgan fingerprint density at radius 3 is 2.58 bits per heavy atom. The SMILES string of the molecule is Cc1cccc(-n2c(C)cc([C@H]3[C@@H](c4ccccn4)NC(=S)N3c3ccc4c(c3)OCO4)c2C)c1C. The van der Waals surface area contributed by atoms with Crippen LogP contribution in [0.3, 0.4) is 0 Å². The summed E-state index contributed by atoms with van der Waals surface area (Å²) < 4.78 is 13.6. The Hall–Kier alpha value is -3.84.